The van der Waals surface area contributed by atoms with Gasteiger partial charge >= 0.3 is 0 Å². The molecule has 0 unspecified atom stereocenters. The second-order valence-electron chi connectivity index (χ2n) is 5.28. The summed E-state index contributed by atoms with van der Waals surface area (Å²) in [5.41, 5.74) is 1.97. The highest BCUT2D eigenvalue weighted by atomic mass is 16.5. The summed E-state index contributed by atoms with van der Waals surface area (Å²) in [7, 11) is 0. The van der Waals surface area contributed by atoms with Crippen LogP contribution in [0.4, 0.5) is 11.4 Å². The number of carbonyl (C=O) groups is 1. The van der Waals surface area contributed by atoms with E-state index in [1.807, 2.05) is 38.1 Å². The van der Waals surface area contributed by atoms with Crippen molar-refractivity contribution in [3.05, 3.63) is 60.9 Å². The third-order valence-electron chi connectivity index (χ3n) is 2.93. The van der Waals surface area contributed by atoms with Crippen LogP contribution in [0.2, 0.25) is 0 Å². The number of nitrogens with one attached hydrogen (secondary N) is 2. The molecule has 2 rings (SSSR count). The molecule has 23 heavy (non-hydrogen) atoms. The van der Waals surface area contributed by atoms with E-state index in [0.29, 0.717) is 17.8 Å². The Labute approximate surface area is 136 Å². The van der Waals surface area contributed by atoms with Crippen molar-refractivity contribution < 1.29 is 9.53 Å². The van der Waals surface area contributed by atoms with E-state index in [0.717, 1.165) is 11.4 Å². The van der Waals surface area contributed by atoms with Gasteiger partial charge in [-0.25, -0.2) is 0 Å². The lowest BCUT2D eigenvalue weighted by atomic mass is 10.2. The first-order valence-electron chi connectivity index (χ1n) is 7.46. The number of amides is 1. The molecule has 0 aliphatic heterocycles. The van der Waals surface area contributed by atoms with Crippen molar-refractivity contribution in [2.75, 3.05) is 17.2 Å². The molecule has 120 valence electrons. The van der Waals surface area contributed by atoms with Gasteiger partial charge in [-0.2, -0.15) is 0 Å². The Morgan fingerprint density at radius 3 is 2.65 bits per heavy atom. The first-order chi connectivity index (χ1) is 11.1. The van der Waals surface area contributed by atoms with Crippen molar-refractivity contribution in [2.24, 2.45) is 0 Å². The van der Waals surface area contributed by atoms with Gasteiger partial charge in [0.15, 0.2) is 0 Å². The molecule has 0 bridgehead atoms. The SMILES string of the molecule is C=CCNc1cncc(C(=O)Nc2ccc(OC(C)C)cc2)c1. The van der Waals surface area contributed by atoms with Gasteiger partial charge in [0.05, 0.1) is 17.4 Å². The summed E-state index contributed by atoms with van der Waals surface area (Å²) >= 11 is 0. The number of anilines is 2. The fourth-order valence-electron chi connectivity index (χ4n) is 1.94. The van der Waals surface area contributed by atoms with E-state index in [2.05, 4.69) is 22.2 Å². The Morgan fingerprint density at radius 1 is 1.26 bits per heavy atom. The smallest absolute Gasteiger partial charge is 0.257 e. The molecule has 0 radical (unpaired) electrons. The molecule has 1 aromatic carbocycles. The van der Waals surface area contributed by atoms with Gasteiger partial charge in [0.1, 0.15) is 5.75 Å². The van der Waals surface area contributed by atoms with Gasteiger partial charge in [-0.05, 0) is 44.2 Å². The third-order valence-corrected chi connectivity index (χ3v) is 2.93. The summed E-state index contributed by atoms with van der Waals surface area (Å²) in [4.78, 5) is 16.3. The van der Waals surface area contributed by atoms with Crippen LogP contribution < -0.4 is 15.4 Å². The van der Waals surface area contributed by atoms with Gasteiger partial charge in [-0.15, -0.1) is 6.58 Å². The molecule has 0 saturated heterocycles. The summed E-state index contributed by atoms with van der Waals surface area (Å²) in [6.07, 6.45) is 5.06. The summed E-state index contributed by atoms with van der Waals surface area (Å²) in [6, 6.07) is 9.03. The number of aromatic nitrogens is 1. The number of ether oxygens (including phenoxy) is 1. The fraction of sp³-hybridized carbons (Fsp3) is 0.222. The average Bonchev–Trinajstić information content (AvgIpc) is 2.54. The Morgan fingerprint density at radius 2 is 2.00 bits per heavy atom. The predicted octanol–water partition coefficient (Wildman–Crippen LogP) is 3.72. The van der Waals surface area contributed by atoms with Crippen molar-refractivity contribution in [1.82, 2.24) is 4.98 Å². The zero-order valence-corrected chi connectivity index (χ0v) is 13.4. The number of benzene rings is 1. The minimum absolute atomic E-state index is 0.118. The standard InChI is InChI=1S/C18H21N3O2/c1-4-9-20-16-10-14(11-19-12-16)18(22)21-15-5-7-17(8-6-15)23-13(2)3/h4-8,10-13,20H,1,9H2,2-3H3,(H,21,22). The lowest BCUT2D eigenvalue weighted by Crippen LogP contribution is -2.13. The third kappa shape index (κ3) is 5.14. The predicted molar refractivity (Wildman–Crippen MR) is 93.1 cm³/mol. The van der Waals surface area contributed by atoms with Crippen molar-refractivity contribution >= 4 is 17.3 Å². The van der Waals surface area contributed by atoms with Crippen LogP contribution in [0.3, 0.4) is 0 Å². The second-order valence-corrected chi connectivity index (χ2v) is 5.28. The Hall–Kier alpha value is -2.82. The van der Waals surface area contributed by atoms with Crippen LogP contribution in [0, 0.1) is 0 Å². The summed E-state index contributed by atoms with van der Waals surface area (Å²) < 4.78 is 5.57. The Bertz CT molecular complexity index is 666. The molecule has 0 atom stereocenters. The topological polar surface area (TPSA) is 63.2 Å². The largest absolute Gasteiger partial charge is 0.491 e. The fourth-order valence-corrected chi connectivity index (χ4v) is 1.94. The number of carbonyl (C=O) groups excluding carboxylic acids is 1. The monoisotopic (exact) mass is 311 g/mol. The van der Waals surface area contributed by atoms with Crippen molar-refractivity contribution in [3.8, 4) is 5.75 Å². The molecule has 1 aromatic heterocycles. The number of pyridine rings is 1. The number of nitrogens with zero attached hydrogens (tertiary/aromatic N) is 1. The van der Waals surface area contributed by atoms with Crippen molar-refractivity contribution in [3.63, 3.8) is 0 Å². The van der Waals surface area contributed by atoms with Crippen molar-refractivity contribution in [2.45, 2.75) is 20.0 Å². The molecule has 1 heterocycles. The zero-order valence-electron chi connectivity index (χ0n) is 13.4. The first kappa shape index (κ1) is 16.5. The van der Waals surface area contributed by atoms with Gasteiger partial charge in [0.25, 0.3) is 5.91 Å². The van der Waals surface area contributed by atoms with Gasteiger partial charge < -0.3 is 15.4 Å². The van der Waals surface area contributed by atoms with E-state index in [9.17, 15) is 4.79 Å². The molecule has 2 N–H and O–H groups in total. The molecule has 0 aliphatic carbocycles. The Kier molecular flexibility index (Phi) is 5.74. The molecule has 5 nitrogen and oxygen atoms in total. The molecule has 0 spiro atoms. The highest BCUT2D eigenvalue weighted by Gasteiger charge is 2.08. The lowest BCUT2D eigenvalue weighted by Gasteiger charge is -2.11. The van der Waals surface area contributed by atoms with Crippen LogP contribution >= 0.6 is 0 Å². The van der Waals surface area contributed by atoms with Crippen LogP contribution in [-0.2, 0) is 0 Å². The van der Waals surface area contributed by atoms with Crippen LogP contribution in [-0.4, -0.2) is 23.5 Å². The first-order valence-corrected chi connectivity index (χ1v) is 7.46. The maximum atomic E-state index is 12.3. The Balaban J connectivity index is 2.02. The van der Waals surface area contributed by atoms with Crippen LogP contribution in [0.15, 0.2) is 55.4 Å². The van der Waals surface area contributed by atoms with Gasteiger partial charge in [-0.1, -0.05) is 6.08 Å². The average molecular weight is 311 g/mol. The minimum atomic E-state index is -0.211. The number of hydrogen-bond donors (Lipinski definition) is 2. The van der Waals surface area contributed by atoms with Gasteiger partial charge in [-0.3, -0.25) is 9.78 Å². The van der Waals surface area contributed by atoms with Crippen LogP contribution in [0.25, 0.3) is 0 Å². The maximum absolute atomic E-state index is 12.3. The van der Waals surface area contributed by atoms with E-state index in [-0.39, 0.29) is 12.0 Å². The van der Waals surface area contributed by atoms with E-state index in [1.54, 1.807) is 18.3 Å². The lowest BCUT2D eigenvalue weighted by molar-refractivity contribution is 0.102. The van der Waals surface area contributed by atoms with Crippen LogP contribution in [0.5, 0.6) is 5.75 Å². The summed E-state index contributed by atoms with van der Waals surface area (Å²) in [5, 5.41) is 5.94. The van der Waals surface area contributed by atoms with Crippen LogP contribution in [0.1, 0.15) is 24.2 Å². The highest BCUT2D eigenvalue weighted by Crippen LogP contribution is 2.18. The molecular formula is C18H21N3O2. The maximum Gasteiger partial charge on any atom is 0.257 e. The van der Waals surface area contributed by atoms with E-state index in [4.69, 9.17) is 4.74 Å². The molecule has 5 heteroatoms. The minimum Gasteiger partial charge on any atom is -0.491 e. The van der Waals surface area contributed by atoms with Gasteiger partial charge in [0.2, 0.25) is 0 Å². The molecule has 2 aromatic rings. The number of rotatable bonds is 7. The van der Waals surface area contributed by atoms with E-state index >= 15 is 0 Å². The van der Waals surface area contributed by atoms with Crippen molar-refractivity contribution in [1.29, 1.82) is 0 Å². The zero-order chi connectivity index (χ0) is 16.7. The molecular weight excluding hydrogens is 290 g/mol. The molecule has 0 fully saturated rings. The van der Waals surface area contributed by atoms with E-state index < -0.39 is 0 Å². The summed E-state index contributed by atoms with van der Waals surface area (Å²) in [6.45, 7) is 8.19. The molecule has 0 saturated carbocycles. The number of hydrogen-bond acceptors (Lipinski definition) is 4. The molecule has 1 amide bonds. The quantitative estimate of drug-likeness (QED) is 0.765. The normalized spacial score (nSPS) is 10.2. The second kappa shape index (κ2) is 7.98. The highest BCUT2D eigenvalue weighted by molar-refractivity contribution is 6.04. The summed E-state index contributed by atoms with van der Waals surface area (Å²) in [5.74, 6) is 0.563. The van der Waals surface area contributed by atoms with E-state index in [1.165, 1.54) is 6.20 Å². The molecule has 0 aliphatic rings. The van der Waals surface area contributed by atoms with Gasteiger partial charge in [0, 0.05) is 24.6 Å².